The number of benzene rings is 1. The lowest BCUT2D eigenvalue weighted by Crippen LogP contribution is -2.20. The van der Waals surface area contributed by atoms with Gasteiger partial charge in [0.1, 0.15) is 11.3 Å². The number of primary amides is 1. The molecule has 2 aromatic rings. The number of carbonyl (C=O) groups excluding carboxylic acids is 1. The molecular formula is C13H12N2O2. The lowest BCUT2D eigenvalue weighted by atomic mass is 10.1. The number of nitrogens with one attached hydrogen (secondary N) is 1. The molecule has 0 atom stereocenters. The summed E-state index contributed by atoms with van der Waals surface area (Å²) in [5, 5.41) is 7.57. The Balaban J connectivity index is 2.48. The zero-order chi connectivity index (χ0) is 12.4. The first-order chi connectivity index (χ1) is 8.08. The predicted molar refractivity (Wildman–Crippen MR) is 63.3 cm³/mol. The summed E-state index contributed by atoms with van der Waals surface area (Å²) in [6.45, 7) is 1.99. The van der Waals surface area contributed by atoms with Crippen molar-refractivity contribution in [1.29, 1.82) is 5.41 Å². The third-order valence-electron chi connectivity index (χ3n) is 2.46. The number of hydrogen-bond acceptors (Lipinski definition) is 3. The lowest BCUT2D eigenvalue weighted by Gasteiger charge is -2.02. The van der Waals surface area contributed by atoms with Crippen molar-refractivity contribution in [3.8, 4) is 11.3 Å². The summed E-state index contributed by atoms with van der Waals surface area (Å²) in [6, 6.07) is 10.9. The van der Waals surface area contributed by atoms with Crippen LogP contribution < -0.4 is 11.3 Å². The maximum Gasteiger partial charge on any atom is 0.254 e. The first kappa shape index (κ1) is 11.1. The van der Waals surface area contributed by atoms with Crippen LogP contribution in [0.4, 0.5) is 0 Å². The summed E-state index contributed by atoms with van der Waals surface area (Å²) < 4.78 is 5.26. The summed E-state index contributed by atoms with van der Waals surface area (Å²) in [7, 11) is 0. The van der Waals surface area contributed by atoms with Crippen LogP contribution in [0.3, 0.4) is 0 Å². The van der Waals surface area contributed by atoms with E-state index in [4.69, 9.17) is 15.6 Å². The molecule has 0 fully saturated rings. The van der Waals surface area contributed by atoms with Crippen molar-refractivity contribution in [2.75, 3.05) is 0 Å². The third kappa shape index (κ3) is 2.25. The van der Waals surface area contributed by atoms with E-state index >= 15 is 0 Å². The molecule has 0 saturated carbocycles. The molecule has 1 heterocycles. The number of rotatable bonds is 2. The van der Waals surface area contributed by atoms with Gasteiger partial charge in [0.15, 0.2) is 0 Å². The normalized spacial score (nSPS) is 10.2. The number of nitrogens with two attached hydrogens (primary N) is 1. The number of hydrogen-bond donors (Lipinski definition) is 2. The molecule has 0 radical (unpaired) electrons. The van der Waals surface area contributed by atoms with Crippen LogP contribution in [-0.4, -0.2) is 5.91 Å². The van der Waals surface area contributed by atoms with Crippen molar-refractivity contribution < 1.29 is 9.21 Å². The van der Waals surface area contributed by atoms with Gasteiger partial charge in [-0.25, -0.2) is 0 Å². The van der Waals surface area contributed by atoms with Crippen molar-refractivity contribution in [2.24, 2.45) is 5.73 Å². The number of amides is 1. The Hall–Kier alpha value is -2.36. The molecule has 86 valence electrons. The van der Waals surface area contributed by atoms with Crippen LogP contribution >= 0.6 is 0 Å². The first-order valence-corrected chi connectivity index (χ1v) is 5.13. The Bertz CT molecular complexity index is 612. The molecule has 0 aliphatic rings. The zero-order valence-electron chi connectivity index (χ0n) is 9.36. The average Bonchev–Trinajstić information content (AvgIpc) is 2.29. The fraction of sp³-hybridized carbons (Fsp3) is 0.0769. The van der Waals surface area contributed by atoms with E-state index in [1.807, 2.05) is 31.2 Å². The van der Waals surface area contributed by atoms with E-state index in [1.54, 1.807) is 6.07 Å². The van der Waals surface area contributed by atoms with Crippen LogP contribution in [0.5, 0.6) is 0 Å². The summed E-state index contributed by atoms with van der Waals surface area (Å²) in [5.74, 6) is -0.116. The Kier molecular flexibility index (Phi) is 2.78. The molecule has 0 bridgehead atoms. The van der Waals surface area contributed by atoms with Gasteiger partial charge in [0.05, 0.1) is 0 Å². The monoisotopic (exact) mass is 228 g/mol. The van der Waals surface area contributed by atoms with E-state index in [0.717, 1.165) is 11.1 Å². The molecule has 17 heavy (non-hydrogen) atoms. The Morgan fingerprint density at radius 2 is 1.82 bits per heavy atom. The Labute approximate surface area is 98.2 Å². The van der Waals surface area contributed by atoms with Crippen molar-refractivity contribution >= 4 is 5.91 Å². The summed E-state index contributed by atoms with van der Waals surface area (Å²) >= 11 is 0. The molecule has 0 unspecified atom stereocenters. The SMILES string of the molecule is Cc1ccc(-c2ccc(C(N)=O)c(=N)o2)cc1. The second kappa shape index (κ2) is 4.25. The van der Waals surface area contributed by atoms with Gasteiger partial charge >= 0.3 is 0 Å². The lowest BCUT2D eigenvalue weighted by molar-refractivity contribution is 0.0996. The van der Waals surface area contributed by atoms with Crippen LogP contribution in [0, 0.1) is 12.3 Å². The van der Waals surface area contributed by atoms with Crippen molar-refractivity contribution in [3.63, 3.8) is 0 Å². The molecule has 4 nitrogen and oxygen atoms in total. The smallest absolute Gasteiger partial charge is 0.254 e. The molecule has 4 heteroatoms. The minimum atomic E-state index is -0.658. The van der Waals surface area contributed by atoms with Gasteiger partial charge in [-0.1, -0.05) is 29.8 Å². The van der Waals surface area contributed by atoms with Gasteiger partial charge in [-0.15, -0.1) is 0 Å². The topological polar surface area (TPSA) is 80.1 Å². The molecule has 1 amide bonds. The van der Waals surface area contributed by atoms with Gasteiger partial charge < -0.3 is 10.2 Å². The van der Waals surface area contributed by atoms with Crippen LogP contribution in [0.15, 0.2) is 40.8 Å². The first-order valence-electron chi connectivity index (χ1n) is 5.13. The van der Waals surface area contributed by atoms with E-state index in [2.05, 4.69) is 0 Å². The highest BCUT2D eigenvalue weighted by molar-refractivity contribution is 5.92. The van der Waals surface area contributed by atoms with Crippen molar-refractivity contribution in [1.82, 2.24) is 0 Å². The van der Waals surface area contributed by atoms with Gasteiger partial charge in [0.25, 0.3) is 5.91 Å². The van der Waals surface area contributed by atoms with Crippen LogP contribution in [0.25, 0.3) is 11.3 Å². The van der Waals surface area contributed by atoms with E-state index in [1.165, 1.54) is 6.07 Å². The molecule has 0 aliphatic carbocycles. The molecule has 1 aromatic heterocycles. The van der Waals surface area contributed by atoms with E-state index in [0.29, 0.717) is 5.76 Å². The largest absolute Gasteiger partial charge is 0.438 e. The third-order valence-corrected chi connectivity index (χ3v) is 2.46. The maximum absolute atomic E-state index is 11.0. The molecule has 2 rings (SSSR count). The Morgan fingerprint density at radius 1 is 1.18 bits per heavy atom. The quantitative estimate of drug-likeness (QED) is 0.822. The summed E-state index contributed by atoms with van der Waals surface area (Å²) in [6.07, 6.45) is 0. The highest BCUT2D eigenvalue weighted by Crippen LogP contribution is 2.18. The molecular weight excluding hydrogens is 216 g/mol. The predicted octanol–water partition coefficient (Wildman–Crippen LogP) is 1.83. The molecule has 3 N–H and O–H groups in total. The van der Waals surface area contributed by atoms with Gasteiger partial charge in [0, 0.05) is 5.56 Å². The van der Waals surface area contributed by atoms with Crippen LogP contribution in [0.2, 0.25) is 0 Å². The van der Waals surface area contributed by atoms with Crippen LogP contribution in [0.1, 0.15) is 15.9 Å². The molecule has 0 saturated heterocycles. The van der Waals surface area contributed by atoms with Crippen molar-refractivity contribution in [3.05, 3.63) is 53.1 Å². The molecule has 1 aromatic carbocycles. The fourth-order valence-corrected chi connectivity index (χ4v) is 1.50. The summed E-state index contributed by atoms with van der Waals surface area (Å²) in [4.78, 5) is 11.0. The van der Waals surface area contributed by atoms with E-state index in [-0.39, 0.29) is 11.1 Å². The van der Waals surface area contributed by atoms with Crippen molar-refractivity contribution in [2.45, 2.75) is 6.92 Å². The maximum atomic E-state index is 11.0. The number of aryl methyl sites for hydroxylation is 1. The van der Waals surface area contributed by atoms with Gasteiger partial charge in [-0.2, -0.15) is 0 Å². The average molecular weight is 228 g/mol. The minimum Gasteiger partial charge on any atom is -0.438 e. The van der Waals surface area contributed by atoms with Gasteiger partial charge in [0.2, 0.25) is 5.55 Å². The highest BCUT2D eigenvalue weighted by atomic mass is 16.3. The zero-order valence-corrected chi connectivity index (χ0v) is 9.36. The molecule has 0 spiro atoms. The fourth-order valence-electron chi connectivity index (χ4n) is 1.50. The second-order valence-corrected chi connectivity index (χ2v) is 3.77. The van der Waals surface area contributed by atoms with E-state index < -0.39 is 5.91 Å². The standard InChI is InChI=1S/C13H12N2O2/c1-8-2-4-9(5-3-8)11-7-6-10(12(14)16)13(15)17-11/h2-7,15H,1H3,(H2,14,16). The van der Waals surface area contributed by atoms with Crippen LogP contribution in [-0.2, 0) is 0 Å². The second-order valence-electron chi connectivity index (χ2n) is 3.77. The minimum absolute atomic E-state index is 0.0841. The van der Waals surface area contributed by atoms with E-state index in [9.17, 15) is 4.79 Å². The summed E-state index contributed by atoms with van der Waals surface area (Å²) in [5.41, 5.74) is 6.98. The van der Waals surface area contributed by atoms with Gasteiger partial charge in [-0.05, 0) is 19.1 Å². The molecule has 0 aliphatic heterocycles. The highest BCUT2D eigenvalue weighted by Gasteiger charge is 2.07. The van der Waals surface area contributed by atoms with Gasteiger partial charge in [-0.3, -0.25) is 10.2 Å². The Morgan fingerprint density at radius 3 is 2.35 bits per heavy atom. The number of carbonyl (C=O) groups is 1.